The number of esters is 1. The molecule has 0 heterocycles. The van der Waals surface area contributed by atoms with E-state index in [4.69, 9.17) is 9.94 Å². The number of hydroxylamine groups is 1. The van der Waals surface area contributed by atoms with E-state index in [2.05, 4.69) is 10.6 Å². The number of carbonyl (C=O) groups excluding carboxylic acids is 3. The molecule has 148 valence electrons. The number of allylic oxidation sites excluding steroid dienone is 1. The Hall–Kier alpha value is -1.93. The predicted molar refractivity (Wildman–Crippen MR) is 96.3 cm³/mol. The zero-order chi connectivity index (χ0) is 19.5. The summed E-state index contributed by atoms with van der Waals surface area (Å²) < 4.78 is 5.14. The minimum Gasteiger partial charge on any atom is -0.466 e. The minimum absolute atomic E-state index is 0.199. The summed E-state index contributed by atoms with van der Waals surface area (Å²) in [4.78, 5) is 36.2. The standard InChI is InChI=1S/C18H31N3O5/c1-4-8-12(3)16(19-11-15(22)21-25)17(23)20-14-10-7-6-9-13(14)18(24)26-5-2/h8,13-14,16,19,25H,4-7,9-11H2,1-3H3,(H,20,23)(H,21,22). The number of nitrogens with one attached hydrogen (secondary N) is 3. The molecule has 0 radical (unpaired) electrons. The fourth-order valence-corrected chi connectivity index (χ4v) is 3.24. The monoisotopic (exact) mass is 369 g/mol. The number of ether oxygens (including phenoxy) is 1. The topological polar surface area (TPSA) is 117 Å². The van der Waals surface area contributed by atoms with Crippen LogP contribution in [0.1, 0.15) is 52.9 Å². The van der Waals surface area contributed by atoms with Crippen molar-refractivity contribution in [3.8, 4) is 0 Å². The molecule has 26 heavy (non-hydrogen) atoms. The molecule has 0 aliphatic heterocycles. The molecule has 1 fully saturated rings. The Morgan fingerprint density at radius 3 is 2.54 bits per heavy atom. The van der Waals surface area contributed by atoms with Crippen molar-refractivity contribution in [1.82, 2.24) is 16.1 Å². The fourth-order valence-electron chi connectivity index (χ4n) is 3.24. The van der Waals surface area contributed by atoms with Gasteiger partial charge >= 0.3 is 5.97 Å². The maximum Gasteiger partial charge on any atom is 0.311 e. The molecule has 0 aromatic carbocycles. The van der Waals surface area contributed by atoms with E-state index in [1.165, 1.54) is 5.48 Å². The van der Waals surface area contributed by atoms with Crippen molar-refractivity contribution in [3.63, 3.8) is 0 Å². The van der Waals surface area contributed by atoms with Crippen molar-refractivity contribution in [1.29, 1.82) is 0 Å². The Morgan fingerprint density at radius 2 is 1.92 bits per heavy atom. The largest absolute Gasteiger partial charge is 0.466 e. The summed E-state index contributed by atoms with van der Waals surface area (Å²) in [6.07, 6.45) is 5.93. The van der Waals surface area contributed by atoms with Gasteiger partial charge in [0.15, 0.2) is 0 Å². The smallest absolute Gasteiger partial charge is 0.311 e. The average Bonchev–Trinajstić information content (AvgIpc) is 2.62. The zero-order valence-electron chi connectivity index (χ0n) is 15.8. The van der Waals surface area contributed by atoms with E-state index in [9.17, 15) is 14.4 Å². The van der Waals surface area contributed by atoms with Gasteiger partial charge in [-0.15, -0.1) is 0 Å². The Balaban J connectivity index is 2.83. The molecule has 0 aromatic heterocycles. The van der Waals surface area contributed by atoms with Crippen LogP contribution in [0.2, 0.25) is 0 Å². The van der Waals surface area contributed by atoms with Crippen LogP contribution in [-0.4, -0.2) is 48.2 Å². The quantitative estimate of drug-likeness (QED) is 0.209. The zero-order valence-corrected chi connectivity index (χ0v) is 15.8. The van der Waals surface area contributed by atoms with Gasteiger partial charge in [0, 0.05) is 6.04 Å². The lowest BCUT2D eigenvalue weighted by molar-refractivity contribution is -0.150. The van der Waals surface area contributed by atoms with Gasteiger partial charge in [-0.2, -0.15) is 0 Å². The van der Waals surface area contributed by atoms with Gasteiger partial charge in [0.1, 0.15) is 6.04 Å². The van der Waals surface area contributed by atoms with E-state index >= 15 is 0 Å². The third-order valence-corrected chi connectivity index (χ3v) is 4.52. The van der Waals surface area contributed by atoms with Crippen molar-refractivity contribution >= 4 is 17.8 Å². The first-order chi connectivity index (χ1) is 12.4. The Bertz CT molecular complexity index is 521. The summed E-state index contributed by atoms with van der Waals surface area (Å²) in [6, 6.07) is -0.988. The number of hydrogen-bond donors (Lipinski definition) is 4. The van der Waals surface area contributed by atoms with Crippen molar-refractivity contribution in [2.75, 3.05) is 13.2 Å². The van der Waals surface area contributed by atoms with E-state index in [0.717, 1.165) is 31.3 Å². The highest BCUT2D eigenvalue weighted by Gasteiger charge is 2.34. The summed E-state index contributed by atoms with van der Waals surface area (Å²) in [5.41, 5.74) is 2.31. The molecule has 3 unspecified atom stereocenters. The molecule has 0 spiro atoms. The second-order valence-corrected chi connectivity index (χ2v) is 6.46. The summed E-state index contributed by atoms with van der Waals surface area (Å²) in [5, 5.41) is 14.4. The molecule has 2 amide bonds. The van der Waals surface area contributed by atoms with Gasteiger partial charge in [0.25, 0.3) is 5.91 Å². The molecule has 1 saturated carbocycles. The molecule has 0 aromatic rings. The fraction of sp³-hybridized carbons (Fsp3) is 0.722. The molecule has 1 aliphatic carbocycles. The highest BCUT2D eigenvalue weighted by atomic mass is 16.5. The minimum atomic E-state index is -0.711. The second kappa shape index (κ2) is 11.6. The van der Waals surface area contributed by atoms with Crippen LogP contribution in [0.4, 0.5) is 0 Å². The van der Waals surface area contributed by atoms with Crippen LogP contribution >= 0.6 is 0 Å². The number of hydrogen-bond acceptors (Lipinski definition) is 6. The highest BCUT2D eigenvalue weighted by Crippen LogP contribution is 2.26. The van der Waals surface area contributed by atoms with Crippen LogP contribution < -0.4 is 16.1 Å². The van der Waals surface area contributed by atoms with Crippen molar-refractivity contribution in [2.45, 2.75) is 65.0 Å². The van der Waals surface area contributed by atoms with Gasteiger partial charge in [-0.05, 0) is 33.1 Å². The first-order valence-corrected chi connectivity index (χ1v) is 9.24. The SMILES string of the molecule is CCC=C(C)C(NCC(=O)NO)C(=O)NC1CCCCC1C(=O)OCC. The summed E-state index contributed by atoms with van der Waals surface area (Å²) in [7, 11) is 0. The highest BCUT2D eigenvalue weighted by molar-refractivity contribution is 5.87. The van der Waals surface area contributed by atoms with E-state index in [-0.39, 0.29) is 30.4 Å². The molecule has 0 bridgehead atoms. The average molecular weight is 369 g/mol. The van der Waals surface area contributed by atoms with Gasteiger partial charge < -0.3 is 10.1 Å². The number of carbonyl (C=O) groups is 3. The molecular formula is C18H31N3O5. The second-order valence-electron chi connectivity index (χ2n) is 6.46. The summed E-state index contributed by atoms with van der Waals surface area (Å²) in [6.45, 7) is 5.64. The molecule has 4 N–H and O–H groups in total. The molecular weight excluding hydrogens is 338 g/mol. The van der Waals surface area contributed by atoms with Crippen molar-refractivity contribution in [3.05, 3.63) is 11.6 Å². The van der Waals surface area contributed by atoms with Crippen molar-refractivity contribution in [2.24, 2.45) is 5.92 Å². The predicted octanol–water partition coefficient (Wildman–Crippen LogP) is 1.04. The van der Waals surface area contributed by atoms with Gasteiger partial charge in [-0.25, -0.2) is 5.48 Å². The van der Waals surface area contributed by atoms with Crippen LogP contribution in [0.3, 0.4) is 0 Å². The number of amides is 2. The van der Waals surface area contributed by atoms with E-state index in [0.29, 0.717) is 13.0 Å². The van der Waals surface area contributed by atoms with Crippen molar-refractivity contribution < 1.29 is 24.3 Å². The third-order valence-electron chi connectivity index (χ3n) is 4.52. The van der Waals surface area contributed by atoms with Gasteiger partial charge in [0.05, 0.1) is 19.1 Å². The lowest BCUT2D eigenvalue weighted by atomic mass is 9.84. The molecule has 8 nitrogen and oxygen atoms in total. The van der Waals surface area contributed by atoms with Crippen LogP contribution in [0.5, 0.6) is 0 Å². The van der Waals surface area contributed by atoms with Gasteiger partial charge in [-0.1, -0.05) is 31.4 Å². The summed E-state index contributed by atoms with van der Waals surface area (Å²) >= 11 is 0. The maximum atomic E-state index is 12.8. The molecule has 0 saturated heterocycles. The van der Waals surface area contributed by atoms with Crippen LogP contribution in [0.25, 0.3) is 0 Å². The number of rotatable bonds is 9. The van der Waals surface area contributed by atoms with Crippen LogP contribution in [0.15, 0.2) is 11.6 Å². The van der Waals surface area contributed by atoms with Crippen LogP contribution in [0, 0.1) is 5.92 Å². The molecule has 1 rings (SSSR count). The van der Waals surface area contributed by atoms with Gasteiger partial charge in [0.2, 0.25) is 5.91 Å². The molecule has 8 heteroatoms. The lowest BCUT2D eigenvalue weighted by Gasteiger charge is -2.32. The first-order valence-electron chi connectivity index (χ1n) is 9.24. The van der Waals surface area contributed by atoms with E-state index in [1.807, 2.05) is 13.0 Å². The maximum absolute atomic E-state index is 12.8. The molecule has 3 atom stereocenters. The third kappa shape index (κ3) is 6.76. The Labute approximate surface area is 154 Å². The lowest BCUT2D eigenvalue weighted by Crippen LogP contribution is -2.53. The van der Waals surface area contributed by atoms with Crippen LogP contribution in [-0.2, 0) is 19.1 Å². The van der Waals surface area contributed by atoms with E-state index < -0.39 is 11.9 Å². The first kappa shape index (κ1) is 22.1. The Morgan fingerprint density at radius 1 is 1.23 bits per heavy atom. The van der Waals surface area contributed by atoms with Gasteiger partial charge in [-0.3, -0.25) is 24.9 Å². The van der Waals surface area contributed by atoms with E-state index in [1.54, 1.807) is 13.8 Å². The normalized spacial score (nSPS) is 21.6. The Kier molecular flexibility index (Phi) is 9.90. The molecule has 1 aliphatic rings. The summed E-state index contributed by atoms with van der Waals surface area (Å²) in [5.74, 6) is -1.54.